The van der Waals surface area contributed by atoms with Gasteiger partial charge in [-0.25, -0.2) is 4.79 Å². The minimum absolute atomic E-state index is 0.186. The molecule has 0 spiro atoms. The highest BCUT2D eigenvalue weighted by Gasteiger charge is 2.21. The van der Waals surface area contributed by atoms with Gasteiger partial charge in [-0.05, 0) is 42.3 Å². The van der Waals surface area contributed by atoms with Gasteiger partial charge in [-0.15, -0.1) is 0 Å². The van der Waals surface area contributed by atoms with Crippen LogP contribution in [0, 0.1) is 0 Å². The van der Waals surface area contributed by atoms with E-state index in [-0.39, 0.29) is 5.56 Å². The fourth-order valence-corrected chi connectivity index (χ4v) is 3.66. The molecule has 0 unspecified atom stereocenters. The van der Waals surface area contributed by atoms with Gasteiger partial charge in [0.05, 0.1) is 37.6 Å². The van der Waals surface area contributed by atoms with Crippen molar-refractivity contribution < 1.29 is 23.8 Å². The Labute approximate surface area is 202 Å². The normalized spacial score (nSPS) is 10.4. The number of esters is 1. The average Bonchev–Trinajstić information content (AvgIpc) is 2.84. The molecule has 1 amide bonds. The second-order valence-corrected chi connectivity index (χ2v) is 8.17. The van der Waals surface area contributed by atoms with Crippen molar-refractivity contribution in [2.75, 3.05) is 26.1 Å². The van der Waals surface area contributed by atoms with E-state index in [1.54, 1.807) is 24.3 Å². The first-order chi connectivity index (χ1) is 16.0. The highest BCUT2D eigenvalue weighted by Crippen LogP contribution is 2.36. The van der Waals surface area contributed by atoms with Gasteiger partial charge in [-0.1, -0.05) is 59.6 Å². The van der Waals surface area contributed by atoms with Crippen molar-refractivity contribution in [1.82, 2.24) is 0 Å². The van der Waals surface area contributed by atoms with Crippen LogP contribution >= 0.6 is 15.9 Å². The van der Waals surface area contributed by atoms with E-state index < -0.39 is 11.9 Å². The number of rotatable bonds is 9. The number of unbranched alkanes of at least 4 members (excludes halogenated alkanes) is 1. The van der Waals surface area contributed by atoms with Gasteiger partial charge < -0.3 is 19.5 Å². The molecule has 0 radical (unpaired) electrons. The largest absolute Gasteiger partial charge is 0.496 e. The first-order valence-electron chi connectivity index (χ1n) is 10.6. The van der Waals surface area contributed by atoms with Crippen LogP contribution in [0.15, 0.2) is 65.1 Å². The smallest absolute Gasteiger partial charge is 0.340 e. The first-order valence-corrected chi connectivity index (χ1v) is 11.4. The van der Waals surface area contributed by atoms with Crippen LogP contribution in [0.5, 0.6) is 11.5 Å². The highest BCUT2D eigenvalue weighted by atomic mass is 79.9. The Balaban J connectivity index is 2.04. The molecule has 0 saturated carbocycles. The topological polar surface area (TPSA) is 73.9 Å². The van der Waals surface area contributed by atoms with Gasteiger partial charge in [0.1, 0.15) is 11.5 Å². The molecule has 3 aromatic carbocycles. The third-order valence-electron chi connectivity index (χ3n) is 5.02. The Bertz CT molecular complexity index is 1130. The summed E-state index contributed by atoms with van der Waals surface area (Å²) in [6.45, 7) is 2.58. The molecule has 0 saturated heterocycles. The minimum Gasteiger partial charge on any atom is -0.496 e. The van der Waals surface area contributed by atoms with Crippen molar-refractivity contribution in [1.29, 1.82) is 0 Å². The van der Waals surface area contributed by atoms with E-state index in [1.807, 2.05) is 36.4 Å². The molecule has 0 aliphatic heterocycles. The molecule has 0 heterocycles. The maximum absolute atomic E-state index is 13.3. The number of methoxy groups -OCH3 is 2. The Kier molecular flexibility index (Phi) is 8.49. The number of halogens is 1. The van der Waals surface area contributed by atoms with Crippen LogP contribution in [-0.4, -0.2) is 32.7 Å². The highest BCUT2D eigenvalue weighted by molar-refractivity contribution is 9.10. The molecule has 172 valence electrons. The molecule has 0 aliphatic rings. The van der Waals surface area contributed by atoms with Gasteiger partial charge in [0.15, 0.2) is 0 Å². The maximum atomic E-state index is 13.3. The lowest BCUT2D eigenvalue weighted by Crippen LogP contribution is -2.17. The third kappa shape index (κ3) is 5.93. The molecular weight excluding hydrogens is 486 g/mol. The fraction of sp³-hybridized carbons (Fsp3) is 0.231. The van der Waals surface area contributed by atoms with Crippen LogP contribution in [0.4, 0.5) is 5.69 Å². The number of ether oxygens (including phenoxy) is 3. The Morgan fingerprint density at radius 3 is 2.36 bits per heavy atom. The first kappa shape index (κ1) is 24.3. The van der Waals surface area contributed by atoms with Crippen LogP contribution in [0.25, 0.3) is 11.1 Å². The summed E-state index contributed by atoms with van der Waals surface area (Å²) in [5.41, 5.74) is 2.47. The van der Waals surface area contributed by atoms with Gasteiger partial charge in [-0.2, -0.15) is 0 Å². The number of carbonyl (C=O) groups is 2. The van der Waals surface area contributed by atoms with Crippen molar-refractivity contribution in [3.05, 3.63) is 76.3 Å². The molecular formula is C26H26BrNO5. The predicted molar refractivity (Wildman–Crippen MR) is 132 cm³/mol. The van der Waals surface area contributed by atoms with E-state index in [0.29, 0.717) is 29.4 Å². The van der Waals surface area contributed by atoms with Gasteiger partial charge >= 0.3 is 5.97 Å². The number of hydrogen-bond acceptors (Lipinski definition) is 5. The summed E-state index contributed by atoms with van der Waals surface area (Å²) in [4.78, 5) is 25.8. The van der Waals surface area contributed by atoms with E-state index in [1.165, 1.54) is 14.2 Å². The minimum atomic E-state index is -0.586. The van der Waals surface area contributed by atoms with Gasteiger partial charge in [-0.3, -0.25) is 4.79 Å². The van der Waals surface area contributed by atoms with Crippen molar-refractivity contribution in [2.45, 2.75) is 19.8 Å². The third-order valence-corrected chi connectivity index (χ3v) is 5.51. The van der Waals surface area contributed by atoms with Crippen molar-refractivity contribution >= 4 is 33.5 Å². The monoisotopic (exact) mass is 511 g/mol. The molecule has 1 N–H and O–H groups in total. The maximum Gasteiger partial charge on any atom is 0.340 e. The van der Waals surface area contributed by atoms with Crippen LogP contribution in [-0.2, 0) is 4.74 Å². The van der Waals surface area contributed by atoms with E-state index in [2.05, 4.69) is 28.2 Å². The standard InChI is InChI=1S/C26H26BrNO5/c1-4-5-13-33-23-12-11-18(27)14-21(23)25(29)28-22-15-19(17-9-7-6-8-10-17)24(31-2)16-20(22)26(30)32-3/h6-12,14-16H,4-5,13H2,1-3H3,(H,28,29). The summed E-state index contributed by atoms with van der Waals surface area (Å²) >= 11 is 3.42. The Morgan fingerprint density at radius 1 is 0.939 bits per heavy atom. The van der Waals surface area contributed by atoms with Crippen LogP contribution in [0.1, 0.15) is 40.5 Å². The number of benzene rings is 3. The van der Waals surface area contributed by atoms with Gasteiger partial charge in [0.25, 0.3) is 5.91 Å². The number of hydrogen-bond donors (Lipinski definition) is 1. The zero-order chi connectivity index (χ0) is 23.8. The molecule has 7 heteroatoms. The molecule has 6 nitrogen and oxygen atoms in total. The summed E-state index contributed by atoms with van der Waals surface area (Å²) in [7, 11) is 2.82. The van der Waals surface area contributed by atoms with E-state index >= 15 is 0 Å². The average molecular weight is 512 g/mol. The number of anilines is 1. The van der Waals surface area contributed by atoms with E-state index in [9.17, 15) is 9.59 Å². The van der Waals surface area contributed by atoms with E-state index in [0.717, 1.165) is 28.4 Å². The SMILES string of the molecule is CCCCOc1ccc(Br)cc1C(=O)Nc1cc(-c2ccccc2)c(OC)cc1C(=O)OC. The summed E-state index contributed by atoms with van der Waals surface area (Å²) in [5, 5.41) is 2.87. The summed E-state index contributed by atoms with van der Waals surface area (Å²) in [5.74, 6) is -0.0276. The fourth-order valence-electron chi connectivity index (χ4n) is 3.30. The number of nitrogens with one attached hydrogen (secondary N) is 1. The molecule has 33 heavy (non-hydrogen) atoms. The van der Waals surface area contributed by atoms with Crippen LogP contribution in [0.3, 0.4) is 0 Å². The predicted octanol–water partition coefficient (Wildman–Crippen LogP) is 6.34. The number of carbonyl (C=O) groups excluding carboxylic acids is 2. The second-order valence-electron chi connectivity index (χ2n) is 7.25. The second kappa shape index (κ2) is 11.5. The van der Waals surface area contributed by atoms with Crippen LogP contribution < -0.4 is 14.8 Å². The zero-order valence-electron chi connectivity index (χ0n) is 18.8. The molecule has 0 aliphatic carbocycles. The summed E-state index contributed by atoms with van der Waals surface area (Å²) in [6.07, 6.45) is 1.86. The lowest BCUT2D eigenvalue weighted by molar-refractivity contribution is 0.0601. The molecule has 0 aromatic heterocycles. The molecule has 0 atom stereocenters. The van der Waals surface area contributed by atoms with Gasteiger partial charge in [0, 0.05) is 10.0 Å². The van der Waals surface area contributed by atoms with Crippen LogP contribution in [0.2, 0.25) is 0 Å². The quantitative estimate of drug-likeness (QED) is 0.268. The Morgan fingerprint density at radius 2 is 1.70 bits per heavy atom. The lowest BCUT2D eigenvalue weighted by atomic mass is 10.0. The van der Waals surface area contributed by atoms with Crippen molar-refractivity contribution in [3.8, 4) is 22.6 Å². The molecule has 0 fully saturated rings. The van der Waals surface area contributed by atoms with E-state index in [4.69, 9.17) is 14.2 Å². The molecule has 3 aromatic rings. The zero-order valence-corrected chi connectivity index (χ0v) is 20.4. The Hall–Kier alpha value is -3.32. The van der Waals surface area contributed by atoms with Crippen molar-refractivity contribution in [3.63, 3.8) is 0 Å². The molecule has 3 rings (SSSR count). The van der Waals surface area contributed by atoms with Gasteiger partial charge in [0.2, 0.25) is 0 Å². The lowest BCUT2D eigenvalue weighted by Gasteiger charge is -2.17. The summed E-state index contributed by atoms with van der Waals surface area (Å²) < 4.78 is 17.0. The van der Waals surface area contributed by atoms with Crippen molar-refractivity contribution in [2.24, 2.45) is 0 Å². The molecule has 0 bridgehead atoms. The summed E-state index contributed by atoms with van der Waals surface area (Å²) in [6, 6.07) is 18.1. The number of amides is 1.